The van der Waals surface area contributed by atoms with Crippen LogP contribution < -0.4 is 20.2 Å². The standard InChI is InChI=1S/C40H43ClN6O7S.C9H16O2/c1-7-23(2)36(49)33-13-10-28(18-34(33)24(3)48)45-39(50)54-32-19-31(20-32)53-37-25(21-42)16-27(17-35(37)41)40(4,5)26-8-11-30(12-9-26)52-22-29-14-15-43-38(44-29)46-47(6,51)55;1-4-9(11)6-5-7(2)8(3)10/h8-18,23,31-32,51,55H,7,19-20,22H2,1-6H3,(H-,43,44,45,46,49,50);7H,4-6H2,1-3H3/p+1. The van der Waals surface area contributed by atoms with Crippen molar-refractivity contribution in [3.63, 3.8) is 0 Å². The number of anilines is 2. The van der Waals surface area contributed by atoms with Crippen LogP contribution in [0.15, 0.2) is 66.9 Å². The Bertz CT molecular complexity index is 2430. The summed E-state index contributed by atoms with van der Waals surface area (Å²) in [5.74, 6) is 0.923. The number of nitriles is 1. The number of ketones is 4. The molecule has 5 rings (SSSR count). The Balaban J connectivity index is 0.000000765. The van der Waals surface area contributed by atoms with E-state index in [9.17, 15) is 34.4 Å². The largest absolute Gasteiger partial charge is 0.487 e. The Morgan fingerprint density at radius 3 is 2.24 bits per heavy atom. The quantitative estimate of drug-likeness (QED) is 0.0282. The van der Waals surface area contributed by atoms with Crippen LogP contribution in [0.1, 0.15) is 137 Å². The molecular formula is C49H60ClN6O9S+. The molecule has 0 spiro atoms. The number of hydrogen-bond acceptors (Lipinski definition) is 14. The number of carbonyl (C=O) groups excluding carboxylic acids is 5. The molecule has 0 radical (unpaired) electrons. The van der Waals surface area contributed by atoms with E-state index in [1.165, 1.54) is 20.0 Å². The summed E-state index contributed by atoms with van der Waals surface area (Å²) < 4.78 is 16.8. The third kappa shape index (κ3) is 15.1. The molecule has 3 unspecified atom stereocenters. The van der Waals surface area contributed by atoms with E-state index in [-0.39, 0.29) is 75.5 Å². The van der Waals surface area contributed by atoms with Crippen LogP contribution in [0.2, 0.25) is 5.02 Å². The lowest BCUT2D eigenvalue weighted by atomic mass is 9.77. The molecule has 1 aromatic heterocycles. The van der Waals surface area contributed by atoms with Crippen LogP contribution in [0, 0.1) is 23.2 Å². The number of ether oxygens (including phenoxy) is 3. The molecule has 15 nitrogen and oxygen atoms in total. The number of nitrogens with zero attached hydrogens (tertiary/aromatic N) is 4. The first-order valence-corrected chi connectivity index (χ1v) is 22.6. The molecule has 1 heterocycles. The number of rotatable bonds is 20. The SMILES string of the molecule is CCC(=O)CCC(C)C(C)=O.CCC(C)C(=O)c1ccc(NC(=O)OC2CC(Oc3c(Cl)cc(C(C)(C)c4ccc(OCc5ccnc(N[N+](C)(O)S)n5)cc4)cc3C#N)C2)cc1C(C)=O. The van der Waals surface area contributed by atoms with Crippen LogP contribution in [0.5, 0.6) is 11.5 Å². The normalized spacial score (nSPS) is 16.0. The van der Waals surface area contributed by atoms with Gasteiger partial charge in [0.1, 0.15) is 62.1 Å². The fraction of sp³-hybridized carbons (Fsp3) is 0.429. The third-order valence-electron chi connectivity index (χ3n) is 11.4. The van der Waals surface area contributed by atoms with Crippen LogP contribution in [0.3, 0.4) is 0 Å². The molecular weight excluding hydrogens is 884 g/mol. The van der Waals surface area contributed by atoms with Crippen LogP contribution in [0.25, 0.3) is 0 Å². The summed E-state index contributed by atoms with van der Waals surface area (Å²) in [6.45, 7) is 14.6. The van der Waals surface area contributed by atoms with E-state index in [4.69, 9.17) is 25.8 Å². The van der Waals surface area contributed by atoms with Crippen LogP contribution >= 0.6 is 24.4 Å². The number of amides is 1. The molecule has 0 saturated heterocycles. The summed E-state index contributed by atoms with van der Waals surface area (Å²) in [6.07, 6.45) is 3.38. The highest BCUT2D eigenvalue weighted by molar-refractivity contribution is 7.74. The molecule has 1 amide bonds. The van der Waals surface area contributed by atoms with Crippen molar-refractivity contribution in [1.29, 1.82) is 5.26 Å². The average Bonchev–Trinajstić information content (AvgIpc) is 3.26. The van der Waals surface area contributed by atoms with Gasteiger partial charge in [-0.3, -0.25) is 24.5 Å². The van der Waals surface area contributed by atoms with Crippen molar-refractivity contribution in [3.05, 3.63) is 105 Å². The Morgan fingerprint density at radius 1 is 0.970 bits per heavy atom. The molecule has 1 saturated carbocycles. The first kappa shape index (κ1) is 52.8. The minimum absolute atomic E-state index is 0.0468. The zero-order valence-corrected chi connectivity index (χ0v) is 40.6. The second-order valence-corrected chi connectivity index (χ2v) is 18.3. The number of Topliss-reactive ketones (excluding diaryl/α,β-unsaturated/α-hetero) is 4. The van der Waals surface area contributed by atoms with E-state index in [2.05, 4.69) is 39.6 Å². The minimum Gasteiger partial charge on any atom is -0.487 e. The number of carbonyl (C=O) groups is 5. The average molecular weight is 945 g/mol. The third-order valence-corrected chi connectivity index (χ3v) is 11.8. The first-order chi connectivity index (χ1) is 31.0. The maximum Gasteiger partial charge on any atom is 0.411 e. The zero-order chi connectivity index (χ0) is 48.9. The van der Waals surface area contributed by atoms with E-state index >= 15 is 0 Å². The van der Waals surface area contributed by atoms with Crippen molar-refractivity contribution < 1.29 is 47.6 Å². The highest BCUT2D eigenvalue weighted by Gasteiger charge is 2.36. The number of halogens is 1. The first-order valence-electron chi connectivity index (χ1n) is 21.8. The van der Waals surface area contributed by atoms with Gasteiger partial charge in [-0.05, 0) is 90.5 Å². The highest BCUT2D eigenvalue weighted by Crippen LogP contribution is 2.41. The molecule has 1 aliphatic carbocycles. The number of nitrogens with one attached hydrogen (secondary N) is 2. The van der Waals surface area contributed by atoms with Crippen molar-refractivity contribution in [2.24, 2.45) is 11.8 Å². The summed E-state index contributed by atoms with van der Waals surface area (Å²) in [4.78, 5) is 67.7. The van der Waals surface area contributed by atoms with E-state index < -0.39 is 21.8 Å². The molecule has 0 aliphatic heterocycles. The number of thiol groups is 1. The van der Waals surface area contributed by atoms with Gasteiger partial charge in [0.05, 0.1) is 16.3 Å². The molecule has 1 fully saturated rings. The predicted molar refractivity (Wildman–Crippen MR) is 254 cm³/mol. The number of hydrogen-bond donors (Lipinski definition) is 4. The van der Waals surface area contributed by atoms with E-state index in [0.29, 0.717) is 61.2 Å². The van der Waals surface area contributed by atoms with Crippen molar-refractivity contribution in [2.45, 2.75) is 118 Å². The zero-order valence-electron chi connectivity index (χ0n) is 38.9. The second kappa shape index (κ2) is 23.5. The van der Waals surface area contributed by atoms with Gasteiger partial charge in [0.15, 0.2) is 17.3 Å². The fourth-order valence-electron chi connectivity index (χ4n) is 6.68. The molecule has 3 N–H and O–H groups in total. The molecule has 3 atom stereocenters. The lowest BCUT2D eigenvalue weighted by Crippen LogP contribution is -2.41. The van der Waals surface area contributed by atoms with E-state index in [1.54, 1.807) is 43.5 Å². The fourth-order valence-corrected chi connectivity index (χ4v) is 7.03. The lowest BCUT2D eigenvalue weighted by molar-refractivity contribution is -0.955. The van der Waals surface area contributed by atoms with Crippen LogP contribution in [-0.2, 0) is 26.3 Å². The summed E-state index contributed by atoms with van der Waals surface area (Å²) in [5, 5.41) is 22.8. The molecule has 352 valence electrons. The van der Waals surface area contributed by atoms with E-state index in [1.807, 2.05) is 65.8 Å². The summed E-state index contributed by atoms with van der Waals surface area (Å²) in [7, 11) is 1.40. The predicted octanol–water partition coefficient (Wildman–Crippen LogP) is 10.5. The minimum atomic E-state index is -0.828. The topological polar surface area (TPSA) is 207 Å². The van der Waals surface area contributed by atoms with Gasteiger partial charge in [0.25, 0.3) is 5.95 Å². The maximum atomic E-state index is 12.7. The molecule has 66 heavy (non-hydrogen) atoms. The van der Waals surface area contributed by atoms with Gasteiger partial charge in [-0.1, -0.05) is 65.3 Å². The summed E-state index contributed by atoms with van der Waals surface area (Å²) in [6, 6.07) is 19.7. The van der Waals surface area contributed by atoms with Gasteiger partial charge in [0.2, 0.25) is 0 Å². The van der Waals surface area contributed by atoms with Crippen molar-refractivity contribution >= 4 is 65.3 Å². The second-order valence-electron chi connectivity index (χ2n) is 17.1. The smallest absolute Gasteiger partial charge is 0.411 e. The van der Waals surface area contributed by atoms with Gasteiger partial charge < -0.3 is 14.2 Å². The van der Waals surface area contributed by atoms with Crippen LogP contribution in [-0.4, -0.2) is 67.8 Å². The molecule has 4 aromatic rings. The van der Waals surface area contributed by atoms with Crippen molar-refractivity contribution in [1.82, 2.24) is 9.97 Å². The van der Waals surface area contributed by atoms with Gasteiger partial charge in [-0.2, -0.15) is 15.9 Å². The summed E-state index contributed by atoms with van der Waals surface area (Å²) >= 11 is 10.7. The number of quaternary nitrogens is 1. The lowest BCUT2D eigenvalue weighted by Gasteiger charge is -2.35. The monoisotopic (exact) mass is 943 g/mol. The van der Waals surface area contributed by atoms with Crippen molar-refractivity contribution in [2.75, 3.05) is 17.8 Å². The number of benzene rings is 3. The van der Waals surface area contributed by atoms with Gasteiger partial charge in [-0.25, -0.2) is 14.8 Å². The molecule has 0 bridgehead atoms. The number of hydroxylamine groups is 1. The Morgan fingerprint density at radius 2 is 1.65 bits per heavy atom. The van der Waals surface area contributed by atoms with Crippen LogP contribution in [0.4, 0.5) is 16.4 Å². The van der Waals surface area contributed by atoms with E-state index in [0.717, 1.165) is 11.1 Å². The number of aromatic nitrogens is 2. The van der Waals surface area contributed by atoms with Crippen molar-refractivity contribution in [3.8, 4) is 17.6 Å². The van der Waals surface area contributed by atoms with Gasteiger partial charge in [0, 0.05) is 65.9 Å². The van der Waals surface area contributed by atoms with Gasteiger partial charge in [-0.15, -0.1) is 0 Å². The molecule has 3 aromatic carbocycles. The Labute approximate surface area is 397 Å². The Hall–Kier alpha value is -5.86. The molecule has 17 heteroatoms. The Kier molecular flexibility index (Phi) is 18.8. The molecule has 1 aliphatic rings. The highest BCUT2D eigenvalue weighted by atomic mass is 35.5. The summed E-state index contributed by atoms with van der Waals surface area (Å²) in [5.41, 5.74) is 5.65. The maximum absolute atomic E-state index is 12.7. The van der Waals surface area contributed by atoms with Gasteiger partial charge >= 0.3 is 6.09 Å².